The Bertz CT molecular complexity index is 577. The van der Waals surface area contributed by atoms with Crippen LogP contribution in [0, 0.1) is 28.6 Å². The minimum atomic E-state index is 0.487. The summed E-state index contributed by atoms with van der Waals surface area (Å²) in [6, 6.07) is 0. The second-order valence-corrected chi connectivity index (χ2v) is 10.2. The molecular weight excluding hydrogens is 300 g/mol. The second kappa shape index (κ2) is 7.09. The molecule has 0 aromatic rings. The first-order valence-corrected chi connectivity index (χ1v) is 10.7. The molecule has 5 atom stereocenters. The molecule has 0 radical (unpaired) electrons. The van der Waals surface area contributed by atoms with E-state index in [0.717, 1.165) is 17.8 Å². The lowest BCUT2D eigenvalue weighted by Gasteiger charge is -2.55. The van der Waals surface area contributed by atoms with Gasteiger partial charge in [0.2, 0.25) is 0 Å². The Morgan fingerprint density at radius 1 is 1.00 bits per heavy atom. The van der Waals surface area contributed by atoms with Crippen LogP contribution in [0.4, 0.5) is 0 Å². The molecule has 0 heterocycles. The van der Waals surface area contributed by atoms with Gasteiger partial charge in [-0.3, -0.25) is 0 Å². The van der Waals surface area contributed by atoms with Gasteiger partial charge in [0.25, 0.3) is 0 Å². The van der Waals surface area contributed by atoms with E-state index in [1.807, 2.05) is 0 Å². The molecule has 3 aliphatic rings. The van der Waals surface area contributed by atoms with Crippen LogP contribution in [-0.2, 0) is 0 Å². The quantitative estimate of drug-likeness (QED) is 0.426. The van der Waals surface area contributed by atoms with Gasteiger partial charge in [-0.15, -0.1) is 0 Å². The Labute approximate surface area is 156 Å². The summed E-state index contributed by atoms with van der Waals surface area (Å²) < 4.78 is 0. The molecule has 0 spiro atoms. The van der Waals surface area contributed by atoms with Crippen LogP contribution >= 0.6 is 0 Å². The van der Waals surface area contributed by atoms with Crippen LogP contribution in [0.25, 0.3) is 0 Å². The van der Waals surface area contributed by atoms with E-state index in [1.165, 1.54) is 63.4 Å². The summed E-state index contributed by atoms with van der Waals surface area (Å²) in [5.74, 6) is 2.51. The summed E-state index contributed by atoms with van der Waals surface area (Å²) >= 11 is 0. The zero-order chi connectivity index (χ0) is 18.2. The summed E-state index contributed by atoms with van der Waals surface area (Å²) in [5, 5.41) is 0. The lowest BCUT2D eigenvalue weighted by Crippen LogP contribution is -2.47. The Morgan fingerprint density at radius 3 is 2.44 bits per heavy atom. The summed E-state index contributed by atoms with van der Waals surface area (Å²) in [4.78, 5) is 0. The van der Waals surface area contributed by atoms with E-state index in [1.54, 1.807) is 11.1 Å². The Kier molecular flexibility index (Phi) is 5.38. The van der Waals surface area contributed by atoms with E-state index in [4.69, 9.17) is 0 Å². The second-order valence-electron chi connectivity index (χ2n) is 10.2. The molecule has 3 rings (SSSR count). The number of rotatable bonds is 1. The first kappa shape index (κ1) is 19.0. The van der Waals surface area contributed by atoms with E-state index in [-0.39, 0.29) is 0 Å². The number of hydrogen-bond acceptors (Lipinski definition) is 0. The van der Waals surface area contributed by atoms with Gasteiger partial charge in [0, 0.05) is 0 Å². The van der Waals surface area contributed by atoms with Crippen LogP contribution in [0.1, 0.15) is 92.4 Å². The summed E-state index contributed by atoms with van der Waals surface area (Å²) in [6.45, 7) is 16.6. The zero-order valence-corrected chi connectivity index (χ0v) is 17.5. The van der Waals surface area contributed by atoms with Crippen molar-refractivity contribution in [2.24, 2.45) is 28.6 Å². The minimum Gasteiger partial charge on any atom is -0.0999 e. The Balaban J connectivity index is 1.95. The fourth-order valence-electron chi connectivity index (χ4n) is 6.77. The van der Waals surface area contributed by atoms with Crippen LogP contribution in [0.3, 0.4) is 0 Å². The molecular formula is C25H40. The maximum atomic E-state index is 4.36. The van der Waals surface area contributed by atoms with Crippen molar-refractivity contribution < 1.29 is 0 Å². The van der Waals surface area contributed by atoms with E-state index in [9.17, 15) is 0 Å². The van der Waals surface area contributed by atoms with Crippen LogP contribution in [0.15, 0.2) is 35.5 Å². The number of fused-ring (bicyclic) bond motifs is 3. The zero-order valence-electron chi connectivity index (χ0n) is 17.5. The van der Waals surface area contributed by atoms with Crippen molar-refractivity contribution in [2.45, 2.75) is 92.4 Å². The van der Waals surface area contributed by atoms with Crippen LogP contribution in [0.2, 0.25) is 0 Å². The molecule has 0 nitrogen and oxygen atoms in total. The molecule has 0 aromatic carbocycles. The lowest BCUT2D eigenvalue weighted by atomic mass is 9.49. The van der Waals surface area contributed by atoms with Crippen molar-refractivity contribution in [3.05, 3.63) is 35.5 Å². The summed E-state index contributed by atoms with van der Waals surface area (Å²) in [7, 11) is 0. The standard InChI is InChI=1S/C25H40/c1-18(2)21-13-17-25(6)22(21)14-16-24(5)15-12-20(4)9-7-8-19(3)10-11-23(24)25/h8,12,21-23H,1,7,9-11,13-17H2,2-6H3/b19-8+,20-12-/t21-,22-,23-,24+,25-/m1/s1. The average molecular weight is 341 g/mol. The fourth-order valence-corrected chi connectivity index (χ4v) is 6.77. The predicted octanol–water partition coefficient (Wildman–Crippen LogP) is 7.87. The molecule has 2 saturated carbocycles. The van der Waals surface area contributed by atoms with E-state index in [0.29, 0.717) is 10.8 Å². The maximum Gasteiger partial charge on any atom is -0.0175 e. The van der Waals surface area contributed by atoms with Gasteiger partial charge in [0.05, 0.1) is 0 Å². The van der Waals surface area contributed by atoms with Gasteiger partial charge < -0.3 is 0 Å². The smallest absolute Gasteiger partial charge is 0.0175 e. The third kappa shape index (κ3) is 3.56. The highest BCUT2D eigenvalue weighted by molar-refractivity contribution is 5.16. The normalized spacial score (nSPS) is 46.7. The Hall–Kier alpha value is -0.780. The molecule has 0 bridgehead atoms. The maximum absolute atomic E-state index is 4.36. The highest BCUT2D eigenvalue weighted by Gasteiger charge is 2.57. The van der Waals surface area contributed by atoms with E-state index >= 15 is 0 Å². The summed E-state index contributed by atoms with van der Waals surface area (Å²) in [5.41, 5.74) is 5.68. The van der Waals surface area contributed by atoms with Crippen molar-refractivity contribution in [3.63, 3.8) is 0 Å². The van der Waals surface area contributed by atoms with Gasteiger partial charge in [-0.1, -0.05) is 49.3 Å². The minimum absolute atomic E-state index is 0.487. The van der Waals surface area contributed by atoms with Gasteiger partial charge in [-0.05, 0) is 107 Å². The third-order valence-electron chi connectivity index (χ3n) is 8.40. The lowest BCUT2D eigenvalue weighted by molar-refractivity contribution is -0.0503. The first-order chi connectivity index (χ1) is 11.8. The van der Waals surface area contributed by atoms with Crippen molar-refractivity contribution in [3.8, 4) is 0 Å². The van der Waals surface area contributed by atoms with Crippen molar-refractivity contribution in [1.29, 1.82) is 0 Å². The fraction of sp³-hybridized carbons (Fsp3) is 0.760. The summed E-state index contributed by atoms with van der Waals surface area (Å²) in [6.07, 6.45) is 17.2. The topological polar surface area (TPSA) is 0 Å². The first-order valence-electron chi connectivity index (χ1n) is 10.7. The Morgan fingerprint density at radius 2 is 1.72 bits per heavy atom. The van der Waals surface area contributed by atoms with Gasteiger partial charge in [0.15, 0.2) is 0 Å². The van der Waals surface area contributed by atoms with Gasteiger partial charge in [-0.2, -0.15) is 0 Å². The molecule has 3 aliphatic carbocycles. The molecule has 0 N–H and O–H groups in total. The molecule has 0 amide bonds. The van der Waals surface area contributed by atoms with Crippen molar-refractivity contribution in [2.75, 3.05) is 0 Å². The predicted molar refractivity (Wildman–Crippen MR) is 111 cm³/mol. The van der Waals surface area contributed by atoms with E-state index < -0.39 is 0 Å². The molecule has 0 unspecified atom stereocenters. The highest BCUT2D eigenvalue weighted by atomic mass is 14.6. The van der Waals surface area contributed by atoms with Crippen LogP contribution in [0.5, 0.6) is 0 Å². The molecule has 0 heteroatoms. The number of hydrogen-bond donors (Lipinski definition) is 0. The monoisotopic (exact) mass is 340 g/mol. The largest absolute Gasteiger partial charge is 0.0999 e. The molecule has 0 saturated heterocycles. The SMILES string of the molecule is C=C(C)[C@H]1CC[C@]2(C)[C@@H]1CC[C@]1(C)C/C=C(/C)CC/C=C(\C)CC[C@H]12. The molecule has 0 aromatic heterocycles. The average Bonchev–Trinajstić information content (AvgIpc) is 2.88. The van der Waals surface area contributed by atoms with Gasteiger partial charge in [-0.25, -0.2) is 0 Å². The van der Waals surface area contributed by atoms with Crippen LogP contribution < -0.4 is 0 Å². The van der Waals surface area contributed by atoms with Gasteiger partial charge in [0.1, 0.15) is 0 Å². The molecule has 0 aliphatic heterocycles. The third-order valence-corrected chi connectivity index (χ3v) is 8.40. The molecule has 25 heavy (non-hydrogen) atoms. The van der Waals surface area contributed by atoms with Crippen molar-refractivity contribution >= 4 is 0 Å². The highest BCUT2D eigenvalue weighted by Crippen LogP contribution is 2.65. The van der Waals surface area contributed by atoms with E-state index in [2.05, 4.69) is 53.3 Å². The molecule has 140 valence electrons. The molecule has 2 fully saturated rings. The number of allylic oxidation sites excluding steroid dienone is 5. The van der Waals surface area contributed by atoms with Crippen molar-refractivity contribution in [1.82, 2.24) is 0 Å². The van der Waals surface area contributed by atoms with Gasteiger partial charge >= 0.3 is 0 Å². The van der Waals surface area contributed by atoms with Crippen LogP contribution in [-0.4, -0.2) is 0 Å².